The molecule has 1 nitrogen and oxygen atoms in total. The number of hydrogen-bond acceptors (Lipinski definition) is 1. The van der Waals surface area contributed by atoms with Gasteiger partial charge in [-0.05, 0) is 24.4 Å². The van der Waals surface area contributed by atoms with E-state index in [2.05, 4.69) is 56.4 Å². The van der Waals surface area contributed by atoms with Crippen molar-refractivity contribution in [3.05, 3.63) is 35.9 Å². The first-order valence-electron chi connectivity index (χ1n) is 5.25. The smallest absolute Gasteiger partial charge is 0.0153 e. The zero-order chi connectivity index (χ0) is 10.6. The van der Waals surface area contributed by atoms with Crippen molar-refractivity contribution in [2.45, 2.75) is 33.2 Å². The van der Waals surface area contributed by atoms with E-state index in [0.29, 0.717) is 11.5 Å². The van der Waals surface area contributed by atoms with Crippen molar-refractivity contribution in [1.82, 2.24) is 5.32 Å². The third-order valence-electron chi connectivity index (χ3n) is 2.68. The monoisotopic (exact) mass is 191 g/mol. The zero-order valence-corrected chi connectivity index (χ0v) is 9.67. The second-order valence-corrected chi connectivity index (χ2v) is 4.90. The summed E-state index contributed by atoms with van der Waals surface area (Å²) in [5, 5.41) is 3.39. The predicted molar refractivity (Wildman–Crippen MR) is 62.4 cm³/mol. The lowest BCUT2D eigenvalue weighted by Gasteiger charge is -2.30. The summed E-state index contributed by atoms with van der Waals surface area (Å²) in [5.41, 5.74) is 1.71. The molecule has 0 fully saturated rings. The van der Waals surface area contributed by atoms with Gasteiger partial charge in [-0.25, -0.2) is 0 Å². The number of hydrogen-bond donors (Lipinski definition) is 1. The molecule has 0 aromatic heterocycles. The van der Waals surface area contributed by atoms with Crippen LogP contribution in [0.1, 0.15) is 26.3 Å². The van der Waals surface area contributed by atoms with Gasteiger partial charge in [-0.2, -0.15) is 0 Å². The highest BCUT2D eigenvalue weighted by atomic mass is 14.9. The molecule has 1 aromatic carbocycles. The molecule has 0 saturated carbocycles. The zero-order valence-electron chi connectivity index (χ0n) is 9.67. The Balaban J connectivity index is 2.67. The van der Waals surface area contributed by atoms with Gasteiger partial charge in [-0.15, -0.1) is 0 Å². The van der Waals surface area contributed by atoms with Crippen molar-refractivity contribution >= 4 is 0 Å². The first kappa shape index (κ1) is 11.3. The van der Waals surface area contributed by atoms with Crippen LogP contribution < -0.4 is 5.32 Å². The molecule has 1 heteroatoms. The average Bonchev–Trinajstić information content (AvgIpc) is 2.14. The van der Waals surface area contributed by atoms with Gasteiger partial charge in [-0.1, -0.05) is 51.1 Å². The van der Waals surface area contributed by atoms with Crippen LogP contribution in [0.5, 0.6) is 0 Å². The molecule has 1 aromatic rings. The Kier molecular flexibility index (Phi) is 3.70. The summed E-state index contributed by atoms with van der Waals surface area (Å²) in [5.74, 6) is 0. The van der Waals surface area contributed by atoms with Gasteiger partial charge >= 0.3 is 0 Å². The first-order chi connectivity index (χ1) is 6.54. The maximum Gasteiger partial charge on any atom is 0.0153 e. The minimum atomic E-state index is 0.310. The third-order valence-corrected chi connectivity index (χ3v) is 2.68. The molecule has 0 saturated heterocycles. The highest BCUT2D eigenvalue weighted by Gasteiger charge is 2.22. The van der Waals surface area contributed by atoms with Crippen molar-refractivity contribution in [1.29, 1.82) is 0 Å². The van der Waals surface area contributed by atoms with Crippen LogP contribution >= 0.6 is 0 Å². The molecule has 0 aliphatic rings. The van der Waals surface area contributed by atoms with Gasteiger partial charge in [0.25, 0.3) is 0 Å². The lowest BCUT2D eigenvalue weighted by molar-refractivity contribution is 0.280. The van der Waals surface area contributed by atoms with E-state index in [0.717, 1.165) is 6.42 Å². The quantitative estimate of drug-likeness (QED) is 0.774. The van der Waals surface area contributed by atoms with E-state index in [4.69, 9.17) is 0 Å². The maximum absolute atomic E-state index is 3.39. The topological polar surface area (TPSA) is 12.0 Å². The van der Waals surface area contributed by atoms with Gasteiger partial charge in [0, 0.05) is 6.04 Å². The van der Waals surface area contributed by atoms with E-state index < -0.39 is 0 Å². The number of benzene rings is 1. The SMILES string of the molecule is CNC(Cc1ccccc1)C(C)(C)C. The molecule has 0 aliphatic heterocycles. The molecule has 0 aliphatic carbocycles. The Morgan fingerprint density at radius 3 is 2.14 bits per heavy atom. The van der Waals surface area contributed by atoms with E-state index in [1.54, 1.807) is 0 Å². The Morgan fingerprint density at radius 1 is 1.14 bits per heavy atom. The Hall–Kier alpha value is -0.820. The van der Waals surface area contributed by atoms with Gasteiger partial charge in [0.15, 0.2) is 0 Å². The molecular weight excluding hydrogens is 170 g/mol. The summed E-state index contributed by atoms with van der Waals surface area (Å²) in [4.78, 5) is 0. The second kappa shape index (κ2) is 4.61. The van der Waals surface area contributed by atoms with Crippen LogP contribution in [0.25, 0.3) is 0 Å². The van der Waals surface area contributed by atoms with Gasteiger partial charge in [-0.3, -0.25) is 0 Å². The summed E-state index contributed by atoms with van der Waals surface area (Å²) in [6.07, 6.45) is 1.10. The van der Waals surface area contributed by atoms with Gasteiger partial charge in [0.2, 0.25) is 0 Å². The summed E-state index contributed by atoms with van der Waals surface area (Å²) in [6, 6.07) is 11.2. The molecule has 1 unspecified atom stereocenters. The van der Waals surface area contributed by atoms with Crippen molar-refractivity contribution in [2.75, 3.05) is 7.05 Å². The van der Waals surface area contributed by atoms with E-state index >= 15 is 0 Å². The molecule has 1 rings (SSSR count). The Labute approximate surface area is 87.5 Å². The van der Waals surface area contributed by atoms with Crippen molar-refractivity contribution < 1.29 is 0 Å². The van der Waals surface area contributed by atoms with Crippen molar-refractivity contribution in [2.24, 2.45) is 5.41 Å². The fourth-order valence-corrected chi connectivity index (χ4v) is 1.69. The summed E-state index contributed by atoms with van der Waals surface area (Å²) >= 11 is 0. The fourth-order valence-electron chi connectivity index (χ4n) is 1.69. The average molecular weight is 191 g/mol. The molecule has 0 radical (unpaired) electrons. The van der Waals surface area contributed by atoms with E-state index in [9.17, 15) is 0 Å². The van der Waals surface area contributed by atoms with Crippen LogP contribution in [-0.2, 0) is 6.42 Å². The Bertz CT molecular complexity index is 258. The van der Waals surface area contributed by atoms with Crippen LogP contribution in [0, 0.1) is 5.41 Å². The molecule has 78 valence electrons. The van der Waals surface area contributed by atoms with Crippen LogP contribution in [0.2, 0.25) is 0 Å². The molecule has 0 bridgehead atoms. The number of likely N-dealkylation sites (N-methyl/N-ethyl adjacent to an activating group) is 1. The van der Waals surface area contributed by atoms with Gasteiger partial charge in [0.1, 0.15) is 0 Å². The summed E-state index contributed by atoms with van der Waals surface area (Å²) < 4.78 is 0. The fraction of sp³-hybridized carbons (Fsp3) is 0.538. The third kappa shape index (κ3) is 3.15. The lowest BCUT2D eigenvalue weighted by Crippen LogP contribution is -2.39. The molecule has 0 heterocycles. The predicted octanol–water partition coefficient (Wildman–Crippen LogP) is 2.86. The van der Waals surface area contributed by atoms with Gasteiger partial charge < -0.3 is 5.32 Å². The first-order valence-corrected chi connectivity index (χ1v) is 5.25. The molecule has 0 amide bonds. The largest absolute Gasteiger partial charge is 0.316 e. The minimum Gasteiger partial charge on any atom is -0.316 e. The summed E-state index contributed by atoms with van der Waals surface area (Å²) in [6.45, 7) is 6.82. The van der Waals surface area contributed by atoms with Crippen molar-refractivity contribution in [3.8, 4) is 0 Å². The van der Waals surface area contributed by atoms with Crippen LogP contribution in [0.4, 0.5) is 0 Å². The Morgan fingerprint density at radius 2 is 1.71 bits per heavy atom. The number of rotatable bonds is 3. The standard InChI is InChI=1S/C13H21N/c1-13(2,3)12(14-4)10-11-8-6-5-7-9-11/h5-9,12,14H,10H2,1-4H3. The van der Waals surface area contributed by atoms with Crippen LogP contribution in [0.15, 0.2) is 30.3 Å². The minimum absolute atomic E-state index is 0.310. The van der Waals surface area contributed by atoms with Crippen LogP contribution in [0.3, 0.4) is 0 Å². The molecular formula is C13H21N. The van der Waals surface area contributed by atoms with Gasteiger partial charge in [0.05, 0.1) is 0 Å². The summed E-state index contributed by atoms with van der Waals surface area (Å²) in [7, 11) is 2.04. The molecule has 0 spiro atoms. The van der Waals surface area contributed by atoms with E-state index in [1.807, 2.05) is 7.05 Å². The van der Waals surface area contributed by atoms with Crippen LogP contribution in [-0.4, -0.2) is 13.1 Å². The van der Waals surface area contributed by atoms with E-state index in [-0.39, 0.29) is 0 Å². The number of nitrogens with one attached hydrogen (secondary N) is 1. The second-order valence-electron chi connectivity index (χ2n) is 4.90. The highest BCUT2D eigenvalue weighted by Crippen LogP contribution is 2.22. The normalized spacial score (nSPS) is 14.0. The highest BCUT2D eigenvalue weighted by molar-refractivity contribution is 5.16. The molecule has 1 atom stereocenters. The van der Waals surface area contributed by atoms with E-state index in [1.165, 1.54) is 5.56 Å². The molecule has 14 heavy (non-hydrogen) atoms. The lowest BCUT2D eigenvalue weighted by atomic mass is 9.83. The maximum atomic E-state index is 3.39. The van der Waals surface area contributed by atoms with Crippen molar-refractivity contribution in [3.63, 3.8) is 0 Å². The molecule has 1 N–H and O–H groups in total.